The molecule has 0 aliphatic carbocycles. The fraction of sp³-hybridized carbons (Fsp3) is 0.158. The normalized spacial score (nSPS) is 11.7. The fourth-order valence-electron chi connectivity index (χ4n) is 2.31. The highest BCUT2D eigenvalue weighted by molar-refractivity contribution is 5.65. The van der Waals surface area contributed by atoms with Gasteiger partial charge >= 0.3 is 6.09 Å². The van der Waals surface area contributed by atoms with Crippen LogP contribution < -0.4 is 10.5 Å². The summed E-state index contributed by atoms with van der Waals surface area (Å²) >= 11 is 0. The highest BCUT2D eigenvalue weighted by Crippen LogP contribution is 2.26. The van der Waals surface area contributed by atoms with Gasteiger partial charge in [0.1, 0.15) is 18.1 Å². The van der Waals surface area contributed by atoms with Gasteiger partial charge in [0.2, 0.25) is 0 Å². The van der Waals surface area contributed by atoms with E-state index in [1.165, 1.54) is 0 Å². The number of hydrogen-bond donors (Lipinski definition) is 1. The van der Waals surface area contributed by atoms with Gasteiger partial charge in [0, 0.05) is 11.6 Å². The van der Waals surface area contributed by atoms with E-state index in [4.69, 9.17) is 19.7 Å². The van der Waals surface area contributed by atoms with Crippen LogP contribution in [0.25, 0.3) is 11.3 Å². The van der Waals surface area contributed by atoms with Crippen molar-refractivity contribution in [2.24, 2.45) is 5.73 Å². The molecule has 1 atom stereocenters. The van der Waals surface area contributed by atoms with Crippen LogP contribution in [-0.2, 0) is 11.3 Å². The summed E-state index contributed by atoms with van der Waals surface area (Å²) in [6, 6.07) is 19.2. The van der Waals surface area contributed by atoms with Crippen molar-refractivity contribution in [1.82, 2.24) is 5.16 Å². The molecular formula is C19H18N2O4. The molecule has 0 bridgehead atoms. The third-order valence-electron chi connectivity index (χ3n) is 3.62. The molecule has 0 saturated carbocycles. The van der Waals surface area contributed by atoms with E-state index in [0.717, 1.165) is 16.9 Å². The van der Waals surface area contributed by atoms with Crippen molar-refractivity contribution in [1.29, 1.82) is 0 Å². The number of nitrogens with two attached hydrogens (primary N) is 1. The zero-order chi connectivity index (χ0) is 17.6. The van der Waals surface area contributed by atoms with E-state index >= 15 is 0 Å². The number of hydrogen-bond acceptors (Lipinski definition) is 5. The zero-order valence-electron chi connectivity index (χ0n) is 13.7. The summed E-state index contributed by atoms with van der Waals surface area (Å²) in [5, 5.41) is 3.99. The number of aromatic nitrogens is 1. The van der Waals surface area contributed by atoms with Crippen molar-refractivity contribution >= 4 is 6.09 Å². The van der Waals surface area contributed by atoms with Gasteiger partial charge < -0.3 is 19.7 Å². The molecule has 2 aromatic carbocycles. The van der Waals surface area contributed by atoms with Crippen LogP contribution in [0.4, 0.5) is 4.79 Å². The number of rotatable bonds is 6. The summed E-state index contributed by atoms with van der Waals surface area (Å²) in [7, 11) is 0. The summed E-state index contributed by atoms with van der Waals surface area (Å²) < 4.78 is 15.8. The van der Waals surface area contributed by atoms with Gasteiger partial charge in [-0.1, -0.05) is 35.5 Å². The van der Waals surface area contributed by atoms with Crippen LogP contribution >= 0.6 is 0 Å². The van der Waals surface area contributed by atoms with Gasteiger partial charge in [-0.3, -0.25) is 0 Å². The van der Waals surface area contributed by atoms with Crippen molar-refractivity contribution in [3.05, 3.63) is 72.0 Å². The van der Waals surface area contributed by atoms with Gasteiger partial charge in [-0.05, 0) is 36.8 Å². The molecule has 1 heterocycles. The van der Waals surface area contributed by atoms with Gasteiger partial charge in [-0.2, -0.15) is 0 Å². The summed E-state index contributed by atoms with van der Waals surface area (Å²) in [5.74, 6) is 1.19. The molecule has 0 fully saturated rings. The van der Waals surface area contributed by atoms with E-state index in [2.05, 4.69) is 5.16 Å². The van der Waals surface area contributed by atoms with E-state index in [-0.39, 0.29) is 0 Å². The number of ether oxygens (including phenoxy) is 2. The predicted octanol–water partition coefficient (Wildman–Crippen LogP) is 4.08. The van der Waals surface area contributed by atoms with Crippen molar-refractivity contribution < 1.29 is 18.8 Å². The molecule has 6 heteroatoms. The van der Waals surface area contributed by atoms with Crippen LogP contribution in [0.1, 0.15) is 24.4 Å². The molecule has 0 radical (unpaired) electrons. The lowest BCUT2D eigenvalue weighted by Crippen LogP contribution is -2.15. The second-order valence-corrected chi connectivity index (χ2v) is 5.49. The van der Waals surface area contributed by atoms with Crippen LogP contribution in [0.15, 0.2) is 65.2 Å². The Bertz CT molecular complexity index is 828. The van der Waals surface area contributed by atoms with Crippen molar-refractivity contribution in [3.8, 4) is 17.0 Å². The molecule has 3 aromatic rings. The molecule has 0 saturated heterocycles. The van der Waals surface area contributed by atoms with E-state index in [1.807, 2.05) is 54.6 Å². The lowest BCUT2D eigenvalue weighted by atomic mass is 10.1. The molecule has 2 N–H and O–H groups in total. The van der Waals surface area contributed by atoms with Crippen LogP contribution in [-0.4, -0.2) is 11.2 Å². The smallest absolute Gasteiger partial charge is 0.405 e. The van der Waals surface area contributed by atoms with Crippen molar-refractivity contribution in [2.75, 3.05) is 0 Å². The molecule has 1 unspecified atom stereocenters. The Hall–Kier alpha value is -3.28. The molecule has 1 aromatic heterocycles. The van der Waals surface area contributed by atoms with Gasteiger partial charge in [-0.25, -0.2) is 4.79 Å². The van der Waals surface area contributed by atoms with Crippen LogP contribution in [0.2, 0.25) is 0 Å². The average Bonchev–Trinajstić information content (AvgIpc) is 3.11. The predicted molar refractivity (Wildman–Crippen MR) is 91.8 cm³/mol. The topological polar surface area (TPSA) is 87.6 Å². The van der Waals surface area contributed by atoms with Crippen LogP contribution in [0.5, 0.6) is 5.75 Å². The maximum absolute atomic E-state index is 10.8. The second-order valence-electron chi connectivity index (χ2n) is 5.49. The fourth-order valence-corrected chi connectivity index (χ4v) is 2.31. The third kappa shape index (κ3) is 4.38. The molecule has 6 nitrogen and oxygen atoms in total. The van der Waals surface area contributed by atoms with Gasteiger partial charge in [-0.15, -0.1) is 0 Å². The van der Waals surface area contributed by atoms with Gasteiger partial charge in [0.15, 0.2) is 11.9 Å². The molecule has 1 amide bonds. The van der Waals surface area contributed by atoms with E-state index in [0.29, 0.717) is 18.1 Å². The zero-order valence-corrected chi connectivity index (χ0v) is 13.7. The molecule has 3 rings (SSSR count). The number of primary amides is 1. The Morgan fingerprint density at radius 1 is 1.16 bits per heavy atom. The van der Waals surface area contributed by atoms with Crippen LogP contribution in [0, 0.1) is 0 Å². The molecule has 128 valence electrons. The lowest BCUT2D eigenvalue weighted by molar-refractivity contribution is 0.0991. The Morgan fingerprint density at radius 3 is 2.56 bits per heavy atom. The molecule has 0 aliphatic heterocycles. The first-order valence-corrected chi connectivity index (χ1v) is 7.81. The lowest BCUT2D eigenvalue weighted by Gasteiger charge is -2.06. The number of carbonyl (C=O) groups excluding carboxylic acids is 1. The summed E-state index contributed by atoms with van der Waals surface area (Å²) in [5.41, 5.74) is 7.62. The Labute approximate surface area is 145 Å². The molecule has 0 spiro atoms. The first-order valence-electron chi connectivity index (χ1n) is 7.81. The maximum Gasteiger partial charge on any atom is 0.405 e. The first-order chi connectivity index (χ1) is 12.1. The minimum atomic E-state index is -0.856. The third-order valence-corrected chi connectivity index (χ3v) is 3.62. The number of carbonyl (C=O) groups is 1. The van der Waals surface area contributed by atoms with E-state index in [9.17, 15) is 4.79 Å². The van der Waals surface area contributed by atoms with E-state index in [1.54, 1.807) is 13.0 Å². The highest BCUT2D eigenvalue weighted by atomic mass is 16.6. The summed E-state index contributed by atoms with van der Waals surface area (Å²) in [6.07, 6.45) is -1.45. The monoisotopic (exact) mass is 338 g/mol. The summed E-state index contributed by atoms with van der Waals surface area (Å²) in [6.45, 7) is 2.17. The highest BCUT2D eigenvalue weighted by Gasteiger charge is 2.16. The van der Waals surface area contributed by atoms with Crippen molar-refractivity contribution in [2.45, 2.75) is 19.6 Å². The average molecular weight is 338 g/mol. The Morgan fingerprint density at radius 2 is 1.88 bits per heavy atom. The molecular weight excluding hydrogens is 320 g/mol. The van der Waals surface area contributed by atoms with Crippen LogP contribution in [0.3, 0.4) is 0 Å². The minimum Gasteiger partial charge on any atom is -0.489 e. The maximum atomic E-state index is 10.8. The summed E-state index contributed by atoms with van der Waals surface area (Å²) in [4.78, 5) is 10.8. The van der Waals surface area contributed by atoms with Gasteiger partial charge in [0.05, 0.1) is 0 Å². The Balaban J connectivity index is 1.64. The number of nitrogens with zero attached hydrogens (tertiary/aromatic N) is 1. The quantitative estimate of drug-likeness (QED) is 0.732. The van der Waals surface area contributed by atoms with E-state index < -0.39 is 12.2 Å². The second kappa shape index (κ2) is 7.53. The largest absolute Gasteiger partial charge is 0.489 e. The molecule has 25 heavy (non-hydrogen) atoms. The SMILES string of the molecule is CC(OC(N)=O)c1cc(-c2ccc(OCc3ccccc3)cc2)no1. The van der Waals surface area contributed by atoms with Gasteiger partial charge in [0.25, 0.3) is 0 Å². The molecule has 0 aliphatic rings. The standard InChI is InChI=1S/C19H18N2O4/c1-13(24-19(20)22)18-11-17(21-25-18)15-7-9-16(10-8-15)23-12-14-5-3-2-4-6-14/h2-11,13H,12H2,1H3,(H2,20,22). The Kier molecular flexibility index (Phi) is 4.99. The minimum absolute atomic E-state index is 0.429. The van der Waals surface area contributed by atoms with Crippen molar-refractivity contribution in [3.63, 3.8) is 0 Å². The number of amides is 1. The first kappa shape index (κ1) is 16.6. The number of benzene rings is 2.